The molecule has 0 aliphatic heterocycles. The molecule has 0 amide bonds. The average Bonchev–Trinajstić information content (AvgIpc) is 3.73. The molecule has 42 heavy (non-hydrogen) atoms. The zero-order chi connectivity index (χ0) is 29.3. The Bertz CT molecular complexity index is 2300. The van der Waals surface area contributed by atoms with Crippen molar-refractivity contribution in [3.63, 3.8) is 0 Å². The molecular weight excluding hydrogens is 575 g/mol. The summed E-state index contributed by atoms with van der Waals surface area (Å²) in [6.45, 7) is 0. The predicted molar refractivity (Wildman–Crippen MR) is 167 cm³/mol. The van der Waals surface area contributed by atoms with Crippen LogP contribution < -0.4 is 20.6 Å². The number of fused-ring (bicyclic) bond motifs is 3. The zero-order valence-corrected chi connectivity index (χ0v) is 24.3. The minimum atomic E-state index is -4.00. The summed E-state index contributed by atoms with van der Waals surface area (Å²) >= 11 is 1.11. The predicted octanol–water partition coefficient (Wildman–Crippen LogP) is 6.07. The molecule has 2 N–H and O–H groups in total. The maximum absolute atomic E-state index is 15.6. The van der Waals surface area contributed by atoms with E-state index in [0.29, 0.717) is 21.3 Å². The van der Waals surface area contributed by atoms with Gasteiger partial charge in [-0.1, -0.05) is 36.4 Å². The lowest BCUT2D eigenvalue weighted by molar-refractivity contribution is 0.602. The van der Waals surface area contributed by atoms with Gasteiger partial charge < -0.3 is 9.47 Å². The maximum Gasteiger partial charge on any atom is 0.271 e. The van der Waals surface area contributed by atoms with Crippen LogP contribution in [0.2, 0.25) is 0 Å². The Balaban J connectivity index is 1.33. The molecule has 2 aromatic heterocycles. The topological polar surface area (TPSA) is 104 Å². The van der Waals surface area contributed by atoms with E-state index < -0.39 is 26.8 Å². The zero-order valence-electron chi connectivity index (χ0n) is 22.6. The van der Waals surface area contributed by atoms with Gasteiger partial charge in [-0.3, -0.25) is 18.7 Å². The van der Waals surface area contributed by atoms with Crippen LogP contribution >= 0.6 is 11.5 Å². The van der Waals surface area contributed by atoms with Crippen LogP contribution in [0.3, 0.4) is 0 Å². The normalized spacial score (nSPS) is 13.7. The molecule has 0 atom stereocenters. The van der Waals surface area contributed by atoms with Crippen LogP contribution in [0, 0.1) is 5.82 Å². The van der Waals surface area contributed by atoms with Crippen molar-refractivity contribution in [2.45, 2.75) is 23.8 Å². The molecule has 212 valence electrons. The molecule has 11 heteroatoms. The van der Waals surface area contributed by atoms with E-state index in [9.17, 15) is 18.0 Å². The molecule has 2 heterocycles. The Morgan fingerprint density at radius 2 is 1.69 bits per heavy atom. The third-order valence-electron chi connectivity index (χ3n) is 7.68. The summed E-state index contributed by atoms with van der Waals surface area (Å²) in [5, 5.41) is 1.59. The fourth-order valence-corrected chi connectivity index (χ4v) is 7.81. The number of hydrogen-bond donors (Lipinski definition) is 2. The molecule has 0 unspecified atom stereocenters. The van der Waals surface area contributed by atoms with Crippen LogP contribution in [0.1, 0.15) is 18.9 Å². The molecule has 0 bridgehead atoms. The maximum atomic E-state index is 15.6. The molecule has 6 aromatic rings. The molecular formula is C31H25FN4O4S2. The van der Waals surface area contributed by atoms with Crippen molar-refractivity contribution in [2.24, 2.45) is 0 Å². The van der Waals surface area contributed by atoms with E-state index in [-0.39, 0.29) is 33.0 Å². The number of H-pyrrole nitrogens is 1. The lowest BCUT2D eigenvalue weighted by Gasteiger charge is -2.17. The largest absolute Gasteiger partial charge is 0.377 e. The standard InChI is InChI=1S/C31H25FN4O4S2/c1-35(2)25-10-4-9-21-20(25)8-5-11-27(21)42(39,40)34-18-7-3-6-17(14-18)22-16-26-23(15-24(22)32)29(37)28-30(38)33-41-31(28)36(26)19-12-13-19/h3-11,14-16,19,34H,12-13H2,1-2H3,(H,33,38). The lowest BCUT2D eigenvalue weighted by atomic mass is 10.0. The number of nitrogens with zero attached hydrogens (tertiary/aromatic N) is 2. The van der Waals surface area contributed by atoms with Gasteiger partial charge in [0.2, 0.25) is 5.43 Å². The Hall–Kier alpha value is -4.48. The van der Waals surface area contributed by atoms with Gasteiger partial charge in [0.25, 0.3) is 15.6 Å². The van der Waals surface area contributed by atoms with Gasteiger partial charge >= 0.3 is 0 Å². The third kappa shape index (κ3) is 4.19. The number of halogens is 1. The SMILES string of the molecule is CN(C)c1cccc2c(S(=O)(=O)Nc3cccc(-c4cc5c(cc4F)c(=O)c4c(=O)[nH]sc4n5C4CC4)c3)cccc12. The number of hydrogen-bond acceptors (Lipinski definition) is 6. The van der Waals surface area contributed by atoms with Crippen molar-refractivity contribution in [1.82, 2.24) is 8.94 Å². The minimum Gasteiger partial charge on any atom is -0.377 e. The van der Waals surface area contributed by atoms with Gasteiger partial charge in [0, 0.05) is 53.2 Å². The number of benzene rings is 4. The van der Waals surface area contributed by atoms with Crippen molar-refractivity contribution in [2.75, 3.05) is 23.7 Å². The highest BCUT2D eigenvalue weighted by molar-refractivity contribution is 7.93. The van der Waals surface area contributed by atoms with Gasteiger partial charge in [-0.2, -0.15) is 0 Å². The first-order chi connectivity index (χ1) is 20.1. The van der Waals surface area contributed by atoms with Crippen LogP contribution in [0.4, 0.5) is 15.8 Å². The van der Waals surface area contributed by atoms with E-state index >= 15 is 4.39 Å². The molecule has 1 aliphatic carbocycles. The second kappa shape index (κ2) is 9.53. The fourth-order valence-electron chi connectivity index (χ4n) is 5.62. The number of sulfonamides is 1. The van der Waals surface area contributed by atoms with Gasteiger partial charge in [-0.05, 0) is 66.3 Å². The molecule has 1 saturated carbocycles. The first-order valence-electron chi connectivity index (χ1n) is 13.4. The summed E-state index contributed by atoms with van der Waals surface area (Å²) < 4.78 is 50.1. The monoisotopic (exact) mass is 600 g/mol. The molecule has 4 aromatic carbocycles. The molecule has 8 nitrogen and oxygen atoms in total. The Morgan fingerprint density at radius 3 is 2.45 bits per heavy atom. The van der Waals surface area contributed by atoms with Crippen molar-refractivity contribution in [1.29, 1.82) is 0 Å². The summed E-state index contributed by atoms with van der Waals surface area (Å²) in [4.78, 5) is 28.2. The van der Waals surface area contributed by atoms with Crippen LogP contribution in [0.25, 0.3) is 43.0 Å². The number of pyridine rings is 1. The van der Waals surface area contributed by atoms with Crippen LogP contribution in [0.15, 0.2) is 87.3 Å². The fraction of sp³-hybridized carbons (Fsp3) is 0.161. The van der Waals surface area contributed by atoms with Crippen molar-refractivity contribution < 1.29 is 12.8 Å². The van der Waals surface area contributed by atoms with E-state index in [1.807, 2.05) is 41.8 Å². The van der Waals surface area contributed by atoms with E-state index in [4.69, 9.17) is 0 Å². The second-order valence-corrected chi connectivity index (χ2v) is 13.1. The lowest BCUT2D eigenvalue weighted by Crippen LogP contribution is -2.15. The Morgan fingerprint density at radius 1 is 0.952 bits per heavy atom. The second-order valence-electron chi connectivity index (χ2n) is 10.7. The smallest absolute Gasteiger partial charge is 0.271 e. The first kappa shape index (κ1) is 26.4. The average molecular weight is 601 g/mol. The van der Waals surface area contributed by atoms with E-state index in [1.165, 1.54) is 6.07 Å². The molecule has 1 fully saturated rings. The summed E-state index contributed by atoms with van der Waals surface area (Å²) in [6, 6.07) is 20.1. The van der Waals surface area contributed by atoms with E-state index in [2.05, 4.69) is 9.10 Å². The molecule has 0 saturated heterocycles. The number of rotatable bonds is 6. The first-order valence-corrected chi connectivity index (χ1v) is 15.7. The summed E-state index contributed by atoms with van der Waals surface area (Å²) in [6.07, 6.45) is 1.79. The molecule has 7 rings (SSSR count). The highest BCUT2D eigenvalue weighted by Gasteiger charge is 2.29. The van der Waals surface area contributed by atoms with Gasteiger partial charge in [0.1, 0.15) is 16.0 Å². The van der Waals surface area contributed by atoms with Gasteiger partial charge in [0.15, 0.2) is 0 Å². The Kier molecular flexibility index (Phi) is 6.00. The number of anilines is 2. The quantitative estimate of drug-likeness (QED) is 0.242. The highest BCUT2D eigenvalue weighted by atomic mass is 32.2. The summed E-state index contributed by atoms with van der Waals surface area (Å²) in [7, 11) is -0.201. The van der Waals surface area contributed by atoms with Crippen LogP contribution in [-0.2, 0) is 10.0 Å². The van der Waals surface area contributed by atoms with Gasteiger partial charge in [-0.25, -0.2) is 12.8 Å². The van der Waals surface area contributed by atoms with Gasteiger partial charge in [0.05, 0.1) is 10.4 Å². The number of nitrogens with one attached hydrogen (secondary N) is 2. The van der Waals surface area contributed by atoms with Crippen LogP contribution in [0.5, 0.6) is 0 Å². The molecule has 1 aliphatic rings. The van der Waals surface area contributed by atoms with E-state index in [1.54, 1.807) is 48.5 Å². The molecule has 0 radical (unpaired) electrons. The van der Waals surface area contributed by atoms with Crippen LogP contribution in [-0.4, -0.2) is 31.5 Å². The molecule has 0 spiro atoms. The summed E-state index contributed by atoms with van der Waals surface area (Å²) in [5.74, 6) is -0.641. The number of aromatic amines is 1. The van der Waals surface area contributed by atoms with E-state index in [0.717, 1.165) is 35.4 Å². The van der Waals surface area contributed by atoms with Crippen molar-refractivity contribution in [3.8, 4) is 11.1 Å². The van der Waals surface area contributed by atoms with Crippen molar-refractivity contribution in [3.05, 3.63) is 99.2 Å². The Labute approximate surface area is 243 Å². The van der Waals surface area contributed by atoms with Crippen molar-refractivity contribution >= 4 is 64.8 Å². The number of aromatic nitrogens is 2. The minimum absolute atomic E-state index is 0.0501. The van der Waals surface area contributed by atoms with Gasteiger partial charge in [-0.15, -0.1) is 0 Å². The summed E-state index contributed by atoms with van der Waals surface area (Å²) in [5.41, 5.74) is 1.41. The third-order valence-corrected chi connectivity index (χ3v) is 10.0. The highest BCUT2D eigenvalue weighted by Crippen LogP contribution is 2.41.